The Morgan fingerprint density at radius 2 is 1.68 bits per heavy atom. The van der Waals surface area contributed by atoms with Crippen molar-refractivity contribution >= 4 is 11.8 Å². The Morgan fingerprint density at radius 1 is 1.02 bits per heavy atom. The highest BCUT2D eigenvalue weighted by atomic mass is 19.4. The van der Waals surface area contributed by atoms with E-state index in [0.29, 0.717) is 13.1 Å². The number of oxazole rings is 1. The molecule has 1 aromatic heterocycles. The van der Waals surface area contributed by atoms with Crippen molar-refractivity contribution in [1.29, 1.82) is 0 Å². The van der Waals surface area contributed by atoms with Gasteiger partial charge in [0.15, 0.2) is 12.3 Å². The van der Waals surface area contributed by atoms with Crippen LogP contribution in [0.2, 0.25) is 0 Å². The number of rotatable bonds is 15. The van der Waals surface area contributed by atoms with Crippen LogP contribution in [0, 0.1) is 0 Å². The molecule has 40 heavy (non-hydrogen) atoms. The van der Waals surface area contributed by atoms with Gasteiger partial charge >= 0.3 is 6.36 Å². The van der Waals surface area contributed by atoms with Crippen LogP contribution < -0.4 is 14.8 Å². The van der Waals surface area contributed by atoms with Gasteiger partial charge in [0.05, 0.1) is 6.54 Å². The zero-order chi connectivity index (χ0) is 29.0. The number of alkyl halides is 3. The zero-order valence-corrected chi connectivity index (χ0v) is 23.0. The van der Waals surface area contributed by atoms with Gasteiger partial charge in [-0.3, -0.25) is 14.5 Å². The first kappa shape index (κ1) is 31.2. The lowest BCUT2D eigenvalue weighted by Crippen LogP contribution is -2.49. The Bertz CT molecular complexity index is 1050. The summed E-state index contributed by atoms with van der Waals surface area (Å²) in [5, 5.41) is 2.56. The Morgan fingerprint density at radius 3 is 2.30 bits per heavy atom. The summed E-state index contributed by atoms with van der Waals surface area (Å²) in [5.41, 5.74) is 0.185. The van der Waals surface area contributed by atoms with E-state index in [2.05, 4.69) is 38.7 Å². The molecule has 2 aromatic rings. The Labute approximate surface area is 232 Å². The van der Waals surface area contributed by atoms with Gasteiger partial charge in [0.2, 0.25) is 5.89 Å². The Balaban J connectivity index is 1.34. The fourth-order valence-electron chi connectivity index (χ4n) is 4.42. The third-order valence-corrected chi connectivity index (χ3v) is 6.32. The van der Waals surface area contributed by atoms with Gasteiger partial charge in [0.25, 0.3) is 11.8 Å². The molecule has 0 aliphatic carbocycles. The minimum atomic E-state index is -4.79. The normalized spacial score (nSPS) is 14.4. The SMILES string of the molecule is CCCN(CCC)CCCN1CCN(C(=O)c2coc(CNC(=O)COc3ccc(OC(F)(F)F)cc3)n2)CC1. The average molecular weight is 570 g/mol. The molecule has 0 atom stereocenters. The monoisotopic (exact) mass is 569 g/mol. The van der Waals surface area contributed by atoms with E-state index in [9.17, 15) is 22.8 Å². The molecular weight excluding hydrogens is 531 g/mol. The van der Waals surface area contributed by atoms with E-state index in [1.165, 1.54) is 18.4 Å². The van der Waals surface area contributed by atoms with Crippen LogP contribution in [-0.2, 0) is 11.3 Å². The van der Waals surface area contributed by atoms with Gasteiger partial charge in [-0.15, -0.1) is 13.2 Å². The van der Waals surface area contributed by atoms with E-state index >= 15 is 0 Å². The number of nitrogens with one attached hydrogen (secondary N) is 1. The van der Waals surface area contributed by atoms with E-state index < -0.39 is 18.0 Å². The molecule has 222 valence electrons. The maximum absolute atomic E-state index is 12.9. The maximum atomic E-state index is 12.9. The molecule has 1 saturated heterocycles. The summed E-state index contributed by atoms with van der Waals surface area (Å²) in [6.07, 6.45) is -0.0636. The number of benzene rings is 1. The Hall–Kier alpha value is -3.32. The van der Waals surface area contributed by atoms with Crippen molar-refractivity contribution in [2.24, 2.45) is 0 Å². The molecule has 0 unspecified atom stereocenters. The quantitative estimate of drug-likeness (QED) is 0.348. The van der Waals surface area contributed by atoms with Crippen LogP contribution in [0.1, 0.15) is 49.5 Å². The molecule has 0 bridgehead atoms. The van der Waals surface area contributed by atoms with E-state index in [-0.39, 0.29) is 36.4 Å². The largest absolute Gasteiger partial charge is 0.573 e. The summed E-state index contributed by atoms with van der Waals surface area (Å²) in [6.45, 7) is 11.2. The number of piperazine rings is 1. The second-order valence-electron chi connectivity index (χ2n) is 9.54. The lowest BCUT2D eigenvalue weighted by molar-refractivity contribution is -0.274. The van der Waals surface area contributed by atoms with E-state index in [4.69, 9.17) is 9.15 Å². The van der Waals surface area contributed by atoms with Crippen molar-refractivity contribution in [3.63, 3.8) is 0 Å². The number of aromatic nitrogens is 1. The molecule has 10 nitrogen and oxygen atoms in total. The van der Waals surface area contributed by atoms with Gasteiger partial charge in [-0.25, -0.2) is 4.98 Å². The van der Waals surface area contributed by atoms with Crippen LogP contribution in [0.4, 0.5) is 13.2 Å². The number of hydrogen-bond acceptors (Lipinski definition) is 8. The van der Waals surface area contributed by atoms with Crippen LogP contribution in [0.3, 0.4) is 0 Å². The predicted molar refractivity (Wildman–Crippen MR) is 141 cm³/mol. The Kier molecular flexibility index (Phi) is 12.1. The molecule has 1 fully saturated rings. The topological polar surface area (TPSA) is 100 Å². The van der Waals surface area contributed by atoms with Crippen molar-refractivity contribution in [3.8, 4) is 11.5 Å². The van der Waals surface area contributed by atoms with Crippen molar-refractivity contribution in [2.75, 3.05) is 59.0 Å². The highest BCUT2D eigenvalue weighted by Crippen LogP contribution is 2.24. The molecule has 0 saturated carbocycles. The number of ether oxygens (including phenoxy) is 2. The third kappa shape index (κ3) is 10.7. The smallest absolute Gasteiger partial charge is 0.484 e. The van der Waals surface area contributed by atoms with Gasteiger partial charge in [0, 0.05) is 26.2 Å². The molecule has 1 N–H and O–H groups in total. The first-order valence-corrected chi connectivity index (χ1v) is 13.6. The fourth-order valence-corrected chi connectivity index (χ4v) is 4.42. The zero-order valence-electron chi connectivity index (χ0n) is 23.0. The minimum absolute atomic E-state index is 0.0469. The van der Waals surface area contributed by atoms with E-state index in [0.717, 1.165) is 70.7 Å². The van der Waals surface area contributed by atoms with Gasteiger partial charge in [-0.05, 0) is 69.7 Å². The van der Waals surface area contributed by atoms with Gasteiger partial charge in [-0.2, -0.15) is 0 Å². The summed E-state index contributed by atoms with van der Waals surface area (Å²) in [5.74, 6) is -0.724. The number of hydrogen-bond donors (Lipinski definition) is 1. The first-order valence-electron chi connectivity index (χ1n) is 13.6. The molecule has 0 radical (unpaired) electrons. The maximum Gasteiger partial charge on any atom is 0.573 e. The molecule has 1 aliphatic rings. The first-order chi connectivity index (χ1) is 19.2. The van der Waals surface area contributed by atoms with Gasteiger partial charge in [0.1, 0.15) is 17.8 Å². The van der Waals surface area contributed by atoms with Crippen molar-refractivity contribution < 1.29 is 36.7 Å². The molecular formula is C27H38F3N5O5. The van der Waals surface area contributed by atoms with Crippen LogP contribution in [-0.4, -0.2) is 96.8 Å². The van der Waals surface area contributed by atoms with Crippen LogP contribution in [0.5, 0.6) is 11.5 Å². The van der Waals surface area contributed by atoms with Crippen molar-refractivity contribution in [3.05, 3.63) is 42.1 Å². The molecule has 2 heterocycles. The van der Waals surface area contributed by atoms with Gasteiger partial charge < -0.3 is 29.0 Å². The number of nitrogens with zero attached hydrogens (tertiary/aromatic N) is 4. The third-order valence-electron chi connectivity index (χ3n) is 6.32. The molecule has 13 heteroatoms. The summed E-state index contributed by atoms with van der Waals surface area (Å²) < 4.78 is 51.1. The number of halogens is 3. The summed E-state index contributed by atoms with van der Waals surface area (Å²) in [7, 11) is 0. The number of carbonyl (C=O) groups excluding carboxylic acids is 2. The van der Waals surface area contributed by atoms with Crippen LogP contribution >= 0.6 is 0 Å². The minimum Gasteiger partial charge on any atom is -0.484 e. The molecule has 3 rings (SSSR count). The van der Waals surface area contributed by atoms with Crippen LogP contribution in [0.25, 0.3) is 0 Å². The molecule has 0 spiro atoms. The molecule has 1 aromatic carbocycles. The highest BCUT2D eigenvalue weighted by Gasteiger charge is 2.31. The van der Waals surface area contributed by atoms with Crippen molar-refractivity contribution in [1.82, 2.24) is 25.0 Å². The van der Waals surface area contributed by atoms with E-state index in [1.54, 1.807) is 4.90 Å². The van der Waals surface area contributed by atoms with Gasteiger partial charge in [-0.1, -0.05) is 13.8 Å². The molecule has 2 amide bonds. The average Bonchev–Trinajstić information content (AvgIpc) is 3.40. The van der Waals surface area contributed by atoms with Crippen molar-refractivity contribution in [2.45, 2.75) is 46.0 Å². The standard InChI is InChI=1S/C27H38F3N5O5/c1-3-10-33(11-4-2)12-5-13-34-14-16-35(17-15-34)26(37)23-19-39-25(32-23)18-31-24(36)20-38-21-6-8-22(9-7-21)40-27(28,29)30/h6-9,19H,3-5,10-18,20H2,1-2H3,(H,31,36). The number of carbonyl (C=O) groups is 2. The second kappa shape index (κ2) is 15.5. The predicted octanol–water partition coefficient (Wildman–Crippen LogP) is 3.54. The summed E-state index contributed by atoms with van der Waals surface area (Å²) in [6, 6.07) is 4.69. The number of amides is 2. The fraction of sp³-hybridized carbons (Fsp3) is 0.593. The highest BCUT2D eigenvalue weighted by molar-refractivity contribution is 5.92. The lowest BCUT2D eigenvalue weighted by Gasteiger charge is -2.34. The lowest BCUT2D eigenvalue weighted by atomic mass is 10.2. The van der Waals surface area contributed by atoms with Crippen LogP contribution in [0.15, 0.2) is 34.9 Å². The summed E-state index contributed by atoms with van der Waals surface area (Å²) >= 11 is 0. The summed E-state index contributed by atoms with van der Waals surface area (Å²) in [4.78, 5) is 35.8. The molecule has 1 aliphatic heterocycles. The van der Waals surface area contributed by atoms with E-state index in [1.807, 2.05) is 0 Å². The second-order valence-corrected chi connectivity index (χ2v) is 9.54.